The number of amides is 1. The number of hydrogen-bond donors (Lipinski definition) is 1. The number of ether oxygens (including phenoxy) is 2. The number of unbranched alkanes of at least 4 members (excludes halogenated alkanes) is 1. The molecule has 4 atom stereocenters. The van der Waals surface area contributed by atoms with Crippen LogP contribution in [0.5, 0.6) is 0 Å². The number of allylic oxidation sites excluding steroid dienone is 2. The summed E-state index contributed by atoms with van der Waals surface area (Å²) in [6.07, 6.45) is 10.2. The third-order valence-corrected chi connectivity index (χ3v) is 6.21. The van der Waals surface area contributed by atoms with Gasteiger partial charge in [-0.25, -0.2) is 4.79 Å². The highest BCUT2D eigenvalue weighted by atomic mass is 16.6. The van der Waals surface area contributed by atoms with E-state index in [1.54, 1.807) is 4.90 Å². The molecule has 1 aromatic rings. The Kier molecular flexibility index (Phi) is 8.31. The third kappa shape index (κ3) is 5.85. The number of fused-ring (bicyclic) bond motifs is 2. The molecule has 0 aromatic heterocycles. The molecule has 1 aromatic carbocycles. The maximum absolute atomic E-state index is 12.5. The molecule has 2 fully saturated rings. The molecule has 0 saturated carbocycles. The molecular formula is C24H33NO5. The van der Waals surface area contributed by atoms with Crippen molar-refractivity contribution in [3.63, 3.8) is 0 Å². The van der Waals surface area contributed by atoms with Crippen molar-refractivity contribution in [1.29, 1.82) is 0 Å². The maximum atomic E-state index is 12.5. The Morgan fingerprint density at radius 1 is 1.17 bits per heavy atom. The molecule has 0 aliphatic carbocycles. The Labute approximate surface area is 178 Å². The topological polar surface area (TPSA) is 76.1 Å². The van der Waals surface area contributed by atoms with E-state index in [1.807, 2.05) is 37.3 Å². The highest BCUT2D eigenvalue weighted by molar-refractivity contribution is 5.87. The van der Waals surface area contributed by atoms with Gasteiger partial charge in [-0.2, -0.15) is 0 Å². The lowest BCUT2D eigenvalue weighted by Gasteiger charge is -2.27. The third-order valence-electron chi connectivity index (χ3n) is 6.21. The Balaban J connectivity index is 1.45. The van der Waals surface area contributed by atoms with Crippen molar-refractivity contribution in [2.24, 2.45) is 11.8 Å². The SMILES string of the molecule is CCN(C(=O)OCC[C@@H]1[C@@H](CC=CCCCC(=O)O)[C@H]2CC[C@@H]1O2)c1ccccc1. The van der Waals surface area contributed by atoms with Crippen LogP contribution >= 0.6 is 0 Å². The summed E-state index contributed by atoms with van der Waals surface area (Å²) in [5.74, 6) is 0.120. The number of anilines is 1. The normalized spacial score (nSPS) is 25.0. The number of benzene rings is 1. The van der Waals surface area contributed by atoms with E-state index in [-0.39, 0.29) is 18.6 Å². The first-order chi connectivity index (χ1) is 14.6. The fourth-order valence-corrected chi connectivity index (χ4v) is 4.72. The molecule has 2 aliphatic rings. The van der Waals surface area contributed by atoms with Crippen LogP contribution < -0.4 is 4.90 Å². The van der Waals surface area contributed by atoms with Crippen LogP contribution in [-0.4, -0.2) is 42.5 Å². The number of carboxylic acid groups (broad SMARTS) is 1. The molecule has 1 amide bonds. The minimum absolute atomic E-state index is 0.216. The van der Waals surface area contributed by atoms with Gasteiger partial charge in [-0.15, -0.1) is 0 Å². The lowest BCUT2D eigenvalue weighted by Crippen LogP contribution is -2.33. The number of rotatable bonds is 11. The van der Waals surface area contributed by atoms with E-state index >= 15 is 0 Å². The van der Waals surface area contributed by atoms with E-state index in [0.717, 1.165) is 37.8 Å². The van der Waals surface area contributed by atoms with Crippen LogP contribution in [0.25, 0.3) is 0 Å². The van der Waals surface area contributed by atoms with Crippen molar-refractivity contribution < 1.29 is 24.2 Å². The molecule has 1 N–H and O–H groups in total. The monoisotopic (exact) mass is 415 g/mol. The summed E-state index contributed by atoms with van der Waals surface area (Å²) in [5, 5.41) is 8.71. The van der Waals surface area contributed by atoms with Gasteiger partial charge in [-0.3, -0.25) is 9.69 Å². The Hall–Kier alpha value is -2.34. The zero-order chi connectivity index (χ0) is 21.3. The van der Waals surface area contributed by atoms with E-state index in [4.69, 9.17) is 14.6 Å². The zero-order valence-electron chi connectivity index (χ0n) is 17.7. The van der Waals surface area contributed by atoms with Gasteiger partial charge in [0.25, 0.3) is 0 Å². The molecule has 3 rings (SSSR count). The summed E-state index contributed by atoms with van der Waals surface area (Å²) in [4.78, 5) is 24.8. The zero-order valence-corrected chi connectivity index (χ0v) is 17.7. The van der Waals surface area contributed by atoms with Gasteiger partial charge in [0.15, 0.2) is 0 Å². The largest absolute Gasteiger partial charge is 0.481 e. The van der Waals surface area contributed by atoms with E-state index in [0.29, 0.717) is 37.5 Å². The van der Waals surface area contributed by atoms with Gasteiger partial charge in [-0.1, -0.05) is 30.4 Å². The van der Waals surface area contributed by atoms with Gasteiger partial charge in [-0.05, 0) is 69.4 Å². The maximum Gasteiger partial charge on any atom is 0.414 e. The minimum Gasteiger partial charge on any atom is -0.481 e. The standard InChI is InChI=1S/C24H33NO5/c1-2-25(18-10-6-5-7-11-18)24(28)29-17-16-20-19(21-14-15-22(20)30-21)12-8-3-4-9-13-23(26)27/h3,5-8,10-11,19-22H,2,4,9,12-17H2,1H3,(H,26,27)/t19-,20-,21-,22+/m1/s1. The van der Waals surface area contributed by atoms with Gasteiger partial charge in [0.2, 0.25) is 0 Å². The molecule has 6 heteroatoms. The molecular weight excluding hydrogens is 382 g/mol. The van der Waals surface area contributed by atoms with E-state index in [2.05, 4.69) is 12.2 Å². The summed E-state index contributed by atoms with van der Waals surface area (Å²) in [7, 11) is 0. The predicted molar refractivity (Wildman–Crippen MR) is 116 cm³/mol. The highest BCUT2D eigenvalue weighted by Gasteiger charge is 2.47. The van der Waals surface area contributed by atoms with Crippen molar-refractivity contribution in [2.45, 2.75) is 64.1 Å². The van der Waals surface area contributed by atoms with Gasteiger partial charge >= 0.3 is 12.1 Å². The van der Waals surface area contributed by atoms with Crippen LogP contribution in [0.4, 0.5) is 10.5 Å². The molecule has 0 unspecified atom stereocenters. The Morgan fingerprint density at radius 3 is 2.60 bits per heavy atom. The second-order valence-corrected chi connectivity index (χ2v) is 8.09. The lowest BCUT2D eigenvalue weighted by atomic mass is 9.76. The van der Waals surface area contributed by atoms with Crippen LogP contribution in [0.2, 0.25) is 0 Å². The first-order valence-corrected chi connectivity index (χ1v) is 11.1. The number of para-hydroxylation sites is 1. The molecule has 2 aliphatic heterocycles. The fraction of sp³-hybridized carbons (Fsp3) is 0.583. The summed E-state index contributed by atoms with van der Waals surface area (Å²) in [6, 6.07) is 9.58. The molecule has 0 spiro atoms. The lowest BCUT2D eigenvalue weighted by molar-refractivity contribution is -0.137. The van der Waals surface area contributed by atoms with Crippen LogP contribution in [-0.2, 0) is 14.3 Å². The summed E-state index contributed by atoms with van der Waals surface area (Å²) >= 11 is 0. The number of carboxylic acids is 1. The minimum atomic E-state index is -0.742. The highest BCUT2D eigenvalue weighted by Crippen LogP contribution is 2.46. The fourth-order valence-electron chi connectivity index (χ4n) is 4.72. The number of hydrogen-bond acceptors (Lipinski definition) is 4. The molecule has 0 radical (unpaired) electrons. The van der Waals surface area contributed by atoms with Gasteiger partial charge in [0.1, 0.15) is 0 Å². The Morgan fingerprint density at radius 2 is 1.90 bits per heavy atom. The van der Waals surface area contributed by atoms with E-state index in [9.17, 15) is 9.59 Å². The van der Waals surface area contributed by atoms with Crippen molar-refractivity contribution in [1.82, 2.24) is 0 Å². The summed E-state index contributed by atoms with van der Waals surface area (Å²) in [6.45, 7) is 2.91. The smallest absolute Gasteiger partial charge is 0.414 e. The first kappa shape index (κ1) is 22.3. The van der Waals surface area contributed by atoms with Crippen LogP contribution in [0.1, 0.15) is 51.9 Å². The van der Waals surface area contributed by atoms with E-state index in [1.165, 1.54) is 0 Å². The van der Waals surface area contributed by atoms with Gasteiger partial charge in [0, 0.05) is 18.7 Å². The average Bonchev–Trinajstić information content (AvgIpc) is 3.34. The predicted octanol–water partition coefficient (Wildman–Crippen LogP) is 5.03. The second-order valence-electron chi connectivity index (χ2n) is 8.09. The number of aliphatic carboxylic acids is 1. The number of nitrogens with zero attached hydrogens (tertiary/aromatic N) is 1. The van der Waals surface area contributed by atoms with Crippen molar-refractivity contribution in [3.8, 4) is 0 Å². The average molecular weight is 416 g/mol. The van der Waals surface area contributed by atoms with Crippen molar-refractivity contribution in [3.05, 3.63) is 42.5 Å². The number of carbonyl (C=O) groups is 2. The van der Waals surface area contributed by atoms with Crippen molar-refractivity contribution in [2.75, 3.05) is 18.1 Å². The summed E-state index contributed by atoms with van der Waals surface area (Å²) < 4.78 is 11.7. The molecule has 2 bridgehead atoms. The van der Waals surface area contributed by atoms with Gasteiger partial charge in [0.05, 0.1) is 18.8 Å². The number of carbonyl (C=O) groups excluding carboxylic acids is 1. The molecule has 2 heterocycles. The van der Waals surface area contributed by atoms with Crippen LogP contribution in [0, 0.1) is 11.8 Å². The van der Waals surface area contributed by atoms with Gasteiger partial charge < -0.3 is 14.6 Å². The summed E-state index contributed by atoms with van der Waals surface area (Å²) in [5.41, 5.74) is 0.846. The quantitative estimate of drug-likeness (QED) is 0.405. The van der Waals surface area contributed by atoms with Crippen LogP contribution in [0.3, 0.4) is 0 Å². The van der Waals surface area contributed by atoms with E-state index < -0.39 is 5.97 Å². The Bertz CT molecular complexity index is 720. The van der Waals surface area contributed by atoms with Crippen LogP contribution in [0.15, 0.2) is 42.5 Å². The molecule has 2 saturated heterocycles. The second kappa shape index (κ2) is 11.2. The molecule has 30 heavy (non-hydrogen) atoms. The first-order valence-electron chi connectivity index (χ1n) is 11.1. The van der Waals surface area contributed by atoms with Crippen molar-refractivity contribution >= 4 is 17.7 Å². The molecule has 6 nitrogen and oxygen atoms in total. The molecule has 164 valence electrons.